The second-order valence-corrected chi connectivity index (χ2v) is 7.55. The minimum absolute atomic E-state index is 0.113. The van der Waals surface area contributed by atoms with E-state index < -0.39 is 11.9 Å². The van der Waals surface area contributed by atoms with E-state index in [1.807, 2.05) is 30.3 Å². The number of rotatable bonds is 8. The first-order valence-electron chi connectivity index (χ1n) is 10.7. The van der Waals surface area contributed by atoms with Crippen LogP contribution in [0.4, 0.5) is 5.69 Å². The summed E-state index contributed by atoms with van der Waals surface area (Å²) in [7, 11) is 0. The van der Waals surface area contributed by atoms with Crippen LogP contribution in [-0.4, -0.2) is 26.8 Å². The largest absolute Gasteiger partial charge is 0.467 e. The summed E-state index contributed by atoms with van der Waals surface area (Å²) in [4.78, 5) is 28.6. The zero-order chi connectivity index (χ0) is 23.3. The molecule has 2 amide bonds. The zero-order valence-electron chi connectivity index (χ0n) is 18.1. The molecule has 9 heteroatoms. The van der Waals surface area contributed by atoms with Crippen molar-refractivity contribution in [1.29, 1.82) is 0 Å². The molecule has 3 aromatic heterocycles. The SMILES string of the molecule is O=C(NCc1ccco1)[C@@H](c1ccco1)N(C(=O)Cn1nnc2ccccc21)c1ccccc1. The van der Waals surface area contributed by atoms with Crippen molar-refractivity contribution < 1.29 is 18.4 Å². The molecule has 1 atom stereocenters. The van der Waals surface area contributed by atoms with Gasteiger partial charge in [-0.3, -0.25) is 14.5 Å². The first-order chi connectivity index (χ1) is 16.7. The highest BCUT2D eigenvalue weighted by Gasteiger charge is 2.35. The van der Waals surface area contributed by atoms with Crippen molar-refractivity contribution in [2.45, 2.75) is 19.1 Å². The third kappa shape index (κ3) is 4.31. The normalized spacial score (nSPS) is 11.9. The summed E-state index contributed by atoms with van der Waals surface area (Å²) in [6.45, 7) is 0.0612. The molecule has 5 rings (SSSR count). The van der Waals surface area contributed by atoms with Crippen molar-refractivity contribution in [3.8, 4) is 0 Å². The standard InChI is InChI=1S/C25H21N5O4/c31-23(17-29-21-12-5-4-11-20(21)27-28-29)30(18-8-2-1-3-9-18)24(22-13-7-15-34-22)25(32)26-16-19-10-6-14-33-19/h1-15,24H,16-17H2,(H,26,32)/t24-/m1/s1. The molecule has 0 saturated carbocycles. The number of nitrogens with zero attached hydrogens (tertiary/aromatic N) is 4. The number of benzene rings is 2. The van der Waals surface area contributed by atoms with Gasteiger partial charge < -0.3 is 14.2 Å². The van der Waals surface area contributed by atoms with Gasteiger partial charge in [0.15, 0.2) is 6.04 Å². The number of nitrogens with one attached hydrogen (secondary N) is 1. The molecule has 9 nitrogen and oxygen atoms in total. The Kier molecular flexibility index (Phi) is 5.89. The highest BCUT2D eigenvalue weighted by molar-refractivity contribution is 6.01. The lowest BCUT2D eigenvalue weighted by Gasteiger charge is -2.30. The number of fused-ring (bicyclic) bond motifs is 1. The summed E-state index contributed by atoms with van der Waals surface area (Å²) in [5.41, 5.74) is 1.95. The Balaban J connectivity index is 1.50. The summed E-state index contributed by atoms with van der Waals surface area (Å²) in [5, 5.41) is 11.1. The molecule has 0 radical (unpaired) electrons. The van der Waals surface area contributed by atoms with E-state index in [0.717, 1.165) is 5.52 Å². The van der Waals surface area contributed by atoms with Gasteiger partial charge in [0.1, 0.15) is 23.6 Å². The van der Waals surface area contributed by atoms with Crippen molar-refractivity contribution in [3.05, 3.63) is 103 Å². The van der Waals surface area contributed by atoms with Crippen LogP contribution >= 0.6 is 0 Å². The van der Waals surface area contributed by atoms with E-state index in [1.54, 1.807) is 48.5 Å². The Hall–Kier alpha value is -4.66. The third-order valence-electron chi connectivity index (χ3n) is 5.34. The molecule has 0 aliphatic rings. The Morgan fingerprint density at radius 3 is 2.44 bits per heavy atom. The van der Waals surface area contributed by atoms with Gasteiger partial charge >= 0.3 is 0 Å². The second-order valence-electron chi connectivity index (χ2n) is 7.55. The molecule has 170 valence electrons. The Morgan fingerprint density at radius 1 is 0.912 bits per heavy atom. The van der Waals surface area contributed by atoms with Crippen LogP contribution in [0.1, 0.15) is 17.6 Å². The number of furan rings is 2. The quantitative estimate of drug-likeness (QED) is 0.382. The van der Waals surface area contributed by atoms with Gasteiger partial charge in [-0.25, -0.2) is 4.68 Å². The minimum atomic E-state index is -1.05. The molecule has 0 bridgehead atoms. The average molecular weight is 455 g/mol. The van der Waals surface area contributed by atoms with Gasteiger partial charge in [-0.15, -0.1) is 5.10 Å². The maximum atomic E-state index is 13.7. The van der Waals surface area contributed by atoms with Crippen LogP contribution in [-0.2, 0) is 22.7 Å². The average Bonchev–Trinajstić information content (AvgIpc) is 3.64. The van der Waals surface area contributed by atoms with Crippen LogP contribution < -0.4 is 10.2 Å². The van der Waals surface area contributed by atoms with Crippen LogP contribution in [0.2, 0.25) is 0 Å². The van der Waals surface area contributed by atoms with Crippen molar-refractivity contribution in [3.63, 3.8) is 0 Å². The fourth-order valence-electron chi connectivity index (χ4n) is 3.77. The van der Waals surface area contributed by atoms with E-state index in [9.17, 15) is 9.59 Å². The number of aromatic nitrogens is 3. The summed E-state index contributed by atoms with van der Waals surface area (Å²) in [5.74, 6) is 0.166. The number of carbonyl (C=O) groups is 2. The number of para-hydroxylation sites is 2. The maximum Gasteiger partial charge on any atom is 0.251 e. The summed E-state index contributed by atoms with van der Waals surface area (Å²) < 4.78 is 12.4. The number of carbonyl (C=O) groups excluding carboxylic acids is 2. The molecule has 34 heavy (non-hydrogen) atoms. The van der Waals surface area contributed by atoms with E-state index in [1.165, 1.54) is 22.1 Å². The van der Waals surface area contributed by atoms with E-state index in [0.29, 0.717) is 22.7 Å². The number of anilines is 1. The lowest BCUT2D eigenvalue weighted by Crippen LogP contribution is -2.45. The Labute approximate surface area is 194 Å². The van der Waals surface area contributed by atoms with Crippen LogP contribution in [0.15, 0.2) is 100 Å². The maximum absolute atomic E-state index is 13.7. The molecule has 0 aliphatic heterocycles. The van der Waals surface area contributed by atoms with E-state index >= 15 is 0 Å². The molecule has 0 aliphatic carbocycles. The molecular weight excluding hydrogens is 434 g/mol. The third-order valence-corrected chi connectivity index (χ3v) is 5.34. The molecule has 0 fully saturated rings. The molecule has 2 aromatic carbocycles. The monoisotopic (exact) mass is 455 g/mol. The van der Waals surface area contributed by atoms with Crippen molar-refractivity contribution >= 4 is 28.5 Å². The van der Waals surface area contributed by atoms with Crippen LogP contribution in [0.5, 0.6) is 0 Å². The van der Waals surface area contributed by atoms with Gasteiger partial charge in [0, 0.05) is 5.69 Å². The van der Waals surface area contributed by atoms with Crippen LogP contribution in [0.25, 0.3) is 11.0 Å². The lowest BCUT2D eigenvalue weighted by atomic mass is 10.1. The fraction of sp³-hybridized carbons (Fsp3) is 0.120. The van der Waals surface area contributed by atoms with Crippen LogP contribution in [0, 0.1) is 0 Å². The molecular formula is C25H21N5O4. The summed E-state index contributed by atoms with van der Waals surface area (Å²) in [6.07, 6.45) is 3.01. The first-order valence-corrected chi connectivity index (χ1v) is 10.7. The van der Waals surface area contributed by atoms with Gasteiger partial charge in [0.25, 0.3) is 5.91 Å². The van der Waals surface area contributed by atoms with Crippen molar-refractivity contribution in [2.24, 2.45) is 0 Å². The zero-order valence-corrected chi connectivity index (χ0v) is 18.1. The predicted molar refractivity (Wildman–Crippen MR) is 123 cm³/mol. The first kappa shape index (κ1) is 21.2. The summed E-state index contributed by atoms with van der Waals surface area (Å²) >= 11 is 0. The highest BCUT2D eigenvalue weighted by Crippen LogP contribution is 2.29. The smallest absolute Gasteiger partial charge is 0.251 e. The minimum Gasteiger partial charge on any atom is -0.467 e. The van der Waals surface area contributed by atoms with Gasteiger partial charge in [-0.1, -0.05) is 35.5 Å². The van der Waals surface area contributed by atoms with Crippen LogP contribution in [0.3, 0.4) is 0 Å². The fourth-order valence-corrected chi connectivity index (χ4v) is 3.77. The van der Waals surface area contributed by atoms with Gasteiger partial charge in [-0.05, 0) is 48.5 Å². The molecule has 0 saturated heterocycles. The molecule has 0 unspecified atom stereocenters. The predicted octanol–water partition coefficient (Wildman–Crippen LogP) is 3.71. The second kappa shape index (κ2) is 9.45. The van der Waals surface area contributed by atoms with E-state index in [2.05, 4.69) is 15.6 Å². The van der Waals surface area contributed by atoms with Crippen molar-refractivity contribution in [2.75, 3.05) is 4.90 Å². The molecule has 3 heterocycles. The number of hydrogen-bond acceptors (Lipinski definition) is 6. The van der Waals surface area contributed by atoms with E-state index in [4.69, 9.17) is 8.83 Å². The number of hydrogen-bond donors (Lipinski definition) is 1. The van der Waals surface area contributed by atoms with Gasteiger partial charge in [0.05, 0.1) is 24.6 Å². The Bertz CT molecular complexity index is 1380. The van der Waals surface area contributed by atoms with Gasteiger partial charge in [0.2, 0.25) is 5.91 Å². The molecule has 0 spiro atoms. The Morgan fingerprint density at radius 2 is 1.68 bits per heavy atom. The highest BCUT2D eigenvalue weighted by atomic mass is 16.3. The molecule has 1 N–H and O–H groups in total. The summed E-state index contributed by atoms with van der Waals surface area (Å²) in [6, 6.07) is 22.2. The number of amides is 2. The van der Waals surface area contributed by atoms with Gasteiger partial charge in [-0.2, -0.15) is 0 Å². The van der Waals surface area contributed by atoms with Crippen molar-refractivity contribution in [1.82, 2.24) is 20.3 Å². The topological polar surface area (TPSA) is 106 Å². The van der Waals surface area contributed by atoms with E-state index in [-0.39, 0.29) is 19.0 Å². The lowest BCUT2D eigenvalue weighted by molar-refractivity contribution is -0.127. The molecule has 5 aromatic rings.